The molecule has 2 aliphatic rings. The Morgan fingerprint density at radius 3 is 2.59 bits per heavy atom. The second-order valence-corrected chi connectivity index (χ2v) is 7.83. The number of nitrogens with zero attached hydrogens (tertiary/aromatic N) is 2. The molecule has 2 heterocycles. The lowest BCUT2D eigenvalue weighted by Crippen LogP contribution is -2.51. The van der Waals surface area contributed by atoms with Crippen LogP contribution in [0.4, 0.5) is 0 Å². The first-order valence-electron chi connectivity index (χ1n) is 10.3. The number of amides is 1. The molecule has 0 spiro atoms. The molecule has 1 saturated heterocycles. The molecular weight excluding hydrogens is 360 g/mol. The van der Waals surface area contributed by atoms with E-state index in [1.807, 2.05) is 36.9 Å². The van der Waals surface area contributed by atoms with E-state index < -0.39 is 0 Å². The maximum atomic E-state index is 12.6. The molecule has 148 valence electrons. The van der Waals surface area contributed by atoms with E-state index in [1.54, 1.807) is 6.26 Å². The van der Waals surface area contributed by atoms with Crippen LogP contribution in [-0.4, -0.2) is 47.9 Å². The fraction of sp³-hybridized carbons (Fsp3) is 0.591. The molecule has 2 fully saturated rings. The van der Waals surface area contributed by atoms with Gasteiger partial charge in [0.2, 0.25) is 5.91 Å². The van der Waals surface area contributed by atoms with Crippen molar-refractivity contribution in [2.75, 3.05) is 26.2 Å². The minimum Gasteiger partial charge on any atom is -0.464 e. The molecule has 0 N–H and O–H groups in total. The summed E-state index contributed by atoms with van der Waals surface area (Å²) < 4.78 is 5.56. The first-order valence-corrected chi connectivity index (χ1v) is 10.7. The van der Waals surface area contributed by atoms with Gasteiger partial charge in [0.1, 0.15) is 5.58 Å². The standard InChI is InChI=1S/C20H25ClN2O2.C2H6/c1-14(15-2-3-15)22-8-10-23(11-9-22)20(24)7-4-16-13-25-19-6-5-17(21)12-18(16)19;1-2/h5-6,12-15H,2-4,7-11H2,1H3;1-2H3. The summed E-state index contributed by atoms with van der Waals surface area (Å²) in [6, 6.07) is 6.30. The molecule has 2 aromatic rings. The van der Waals surface area contributed by atoms with Gasteiger partial charge in [-0.15, -0.1) is 0 Å². The summed E-state index contributed by atoms with van der Waals surface area (Å²) in [7, 11) is 0. The number of carbonyl (C=O) groups is 1. The molecule has 0 bridgehead atoms. The summed E-state index contributed by atoms with van der Waals surface area (Å²) >= 11 is 6.08. The van der Waals surface area contributed by atoms with Gasteiger partial charge in [-0.25, -0.2) is 0 Å². The van der Waals surface area contributed by atoms with E-state index in [-0.39, 0.29) is 5.91 Å². The first-order chi connectivity index (χ1) is 13.1. The summed E-state index contributed by atoms with van der Waals surface area (Å²) in [4.78, 5) is 17.1. The highest BCUT2D eigenvalue weighted by Crippen LogP contribution is 2.35. The van der Waals surface area contributed by atoms with Crippen LogP contribution in [0.2, 0.25) is 5.02 Å². The summed E-state index contributed by atoms with van der Waals surface area (Å²) in [6.07, 6.45) is 5.74. The van der Waals surface area contributed by atoms with Crippen molar-refractivity contribution in [1.29, 1.82) is 0 Å². The van der Waals surface area contributed by atoms with Crippen LogP contribution in [0.5, 0.6) is 0 Å². The normalized spacial score (nSPS) is 18.9. The van der Waals surface area contributed by atoms with Gasteiger partial charge in [0.25, 0.3) is 0 Å². The molecule has 1 unspecified atom stereocenters. The molecule has 27 heavy (non-hydrogen) atoms. The maximum absolute atomic E-state index is 12.6. The van der Waals surface area contributed by atoms with Crippen molar-refractivity contribution in [3.8, 4) is 0 Å². The Hall–Kier alpha value is -1.52. The Morgan fingerprint density at radius 2 is 1.93 bits per heavy atom. The number of benzene rings is 1. The van der Waals surface area contributed by atoms with Gasteiger partial charge in [0, 0.05) is 49.1 Å². The molecule has 4 nitrogen and oxygen atoms in total. The van der Waals surface area contributed by atoms with Crippen LogP contribution in [0, 0.1) is 5.92 Å². The predicted molar refractivity (Wildman–Crippen MR) is 111 cm³/mol. The van der Waals surface area contributed by atoms with E-state index in [0.29, 0.717) is 23.9 Å². The third-order valence-corrected chi connectivity index (χ3v) is 6.01. The monoisotopic (exact) mass is 390 g/mol. The average Bonchev–Trinajstić information content (AvgIpc) is 3.48. The number of aryl methyl sites for hydroxylation is 1. The largest absolute Gasteiger partial charge is 0.464 e. The van der Waals surface area contributed by atoms with Crippen LogP contribution in [0.3, 0.4) is 0 Å². The van der Waals surface area contributed by atoms with Crippen LogP contribution < -0.4 is 0 Å². The Labute approximate surface area is 167 Å². The van der Waals surface area contributed by atoms with Gasteiger partial charge >= 0.3 is 0 Å². The number of rotatable bonds is 5. The predicted octanol–water partition coefficient (Wildman–Crippen LogP) is 4.99. The summed E-state index contributed by atoms with van der Waals surface area (Å²) in [5, 5.41) is 1.71. The quantitative estimate of drug-likeness (QED) is 0.721. The van der Waals surface area contributed by atoms with Crippen molar-refractivity contribution in [1.82, 2.24) is 9.80 Å². The van der Waals surface area contributed by atoms with Gasteiger partial charge in [-0.2, -0.15) is 0 Å². The average molecular weight is 391 g/mol. The summed E-state index contributed by atoms with van der Waals surface area (Å²) in [5.74, 6) is 1.14. The topological polar surface area (TPSA) is 36.7 Å². The molecule has 1 aliphatic heterocycles. The number of furan rings is 1. The Morgan fingerprint density at radius 1 is 1.22 bits per heavy atom. The molecule has 5 heteroatoms. The van der Waals surface area contributed by atoms with Crippen LogP contribution in [0.15, 0.2) is 28.9 Å². The number of fused-ring (bicyclic) bond motifs is 1. The van der Waals surface area contributed by atoms with Crippen LogP contribution in [0.25, 0.3) is 11.0 Å². The molecule has 0 radical (unpaired) electrons. The molecule has 1 aromatic carbocycles. The Kier molecular flexibility index (Phi) is 6.83. The van der Waals surface area contributed by atoms with Crippen molar-refractivity contribution < 1.29 is 9.21 Å². The van der Waals surface area contributed by atoms with Crippen molar-refractivity contribution >= 4 is 28.5 Å². The molecule has 1 saturated carbocycles. The number of carbonyl (C=O) groups excluding carboxylic acids is 1. The van der Waals surface area contributed by atoms with Crippen molar-refractivity contribution in [2.24, 2.45) is 5.92 Å². The zero-order valence-corrected chi connectivity index (χ0v) is 17.5. The second kappa shape index (κ2) is 9.11. The Bertz CT molecular complexity index is 761. The Balaban J connectivity index is 0.00000102. The smallest absolute Gasteiger partial charge is 0.222 e. The van der Waals surface area contributed by atoms with Gasteiger partial charge in [0.05, 0.1) is 6.26 Å². The van der Waals surface area contributed by atoms with Crippen LogP contribution in [-0.2, 0) is 11.2 Å². The molecule has 1 amide bonds. The van der Waals surface area contributed by atoms with Gasteiger partial charge < -0.3 is 9.32 Å². The van der Waals surface area contributed by atoms with Gasteiger partial charge in [-0.3, -0.25) is 9.69 Å². The highest BCUT2D eigenvalue weighted by Gasteiger charge is 2.33. The van der Waals surface area contributed by atoms with Crippen molar-refractivity contribution in [2.45, 2.75) is 52.5 Å². The van der Waals surface area contributed by atoms with Crippen molar-refractivity contribution in [3.63, 3.8) is 0 Å². The van der Waals surface area contributed by atoms with E-state index in [9.17, 15) is 4.79 Å². The lowest BCUT2D eigenvalue weighted by atomic mass is 10.1. The maximum Gasteiger partial charge on any atom is 0.222 e. The fourth-order valence-electron chi connectivity index (χ4n) is 3.90. The van der Waals surface area contributed by atoms with E-state index >= 15 is 0 Å². The summed E-state index contributed by atoms with van der Waals surface area (Å²) in [6.45, 7) is 10.1. The van der Waals surface area contributed by atoms with E-state index in [0.717, 1.165) is 48.6 Å². The third-order valence-electron chi connectivity index (χ3n) is 5.77. The highest BCUT2D eigenvalue weighted by atomic mass is 35.5. The number of hydrogen-bond acceptors (Lipinski definition) is 3. The third kappa shape index (κ3) is 4.85. The lowest BCUT2D eigenvalue weighted by Gasteiger charge is -2.38. The molecule has 1 aliphatic carbocycles. The lowest BCUT2D eigenvalue weighted by molar-refractivity contribution is -0.133. The first kappa shape index (κ1) is 20.2. The summed E-state index contributed by atoms with van der Waals surface area (Å²) in [5.41, 5.74) is 1.89. The molecule has 1 aromatic heterocycles. The highest BCUT2D eigenvalue weighted by molar-refractivity contribution is 6.31. The van der Waals surface area contributed by atoms with Gasteiger partial charge in [-0.1, -0.05) is 25.4 Å². The minimum atomic E-state index is 0.245. The zero-order chi connectivity index (χ0) is 19.4. The van der Waals surface area contributed by atoms with Crippen molar-refractivity contribution in [3.05, 3.63) is 35.0 Å². The van der Waals surface area contributed by atoms with Gasteiger partial charge in [0.15, 0.2) is 0 Å². The van der Waals surface area contributed by atoms with E-state index in [4.69, 9.17) is 16.0 Å². The zero-order valence-electron chi connectivity index (χ0n) is 16.7. The van der Waals surface area contributed by atoms with Crippen LogP contribution in [0.1, 0.15) is 45.6 Å². The second-order valence-electron chi connectivity index (χ2n) is 7.40. The number of piperazine rings is 1. The SMILES string of the molecule is CC.CC(C1CC1)N1CCN(C(=O)CCc2coc3ccc(Cl)cc23)CC1. The van der Waals surface area contributed by atoms with Crippen LogP contribution >= 0.6 is 11.6 Å². The fourth-order valence-corrected chi connectivity index (χ4v) is 4.07. The van der Waals surface area contributed by atoms with E-state index in [2.05, 4.69) is 11.8 Å². The van der Waals surface area contributed by atoms with E-state index in [1.165, 1.54) is 12.8 Å². The van der Waals surface area contributed by atoms with Gasteiger partial charge in [-0.05, 0) is 55.9 Å². The molecular formula is C22H31ClN2O2. The molecule has 4 rings (SSSR count). The number of hydrogen-bond donors (Lipinski definition) is 0. The molecule has 1 atom stereocenters. The number of halogens is 1. The minimum absolute atomic E-state index is 0.245.